The Balaban J connectivity index is 2.03. The molecular formula is C21H40NO7P. The second-order valence-electron chi connectivity index (χ2n) is 9.15. The zero-order valence-corrected chi connectivity index (χ0v) is 20.0. The van der Waals surface area contributed by atoms with Gasteiger partial charge in [0, 0.05) is 12.3 Å². The van der Waals surface area contributed by atoms with Crippen LogP contribution in [0.4, 0.5) is 0 Å². The molecule has 1 heterocycles. The van der Waals surface area contributed by atoms with Gasteiger partial charge in [0.15, 0.2) is 0 Å². The van der Waals surface area contributed by atoms with Crippen molar-refractivity contribution >= 4 is 7.82 Å². The van der Waals surface area contributed by atoms with Crippen LogP contribution < -0.4 is 5.73 Å². The molecular weight excluding hydrogens is 409 g/mol. The number of phosphoric acid groups is 1. The predicted molar refractivity (Wildman–Crippen MR) is 115 cm³/mol. The van der Waals surface area contributed by atoms with Crippen LogP contribution in [0.1, 0.15) is 54.4 Å². The summed E-state index contributed by atoms with van der Waals surface area (Å²) in [6.45, 7) is 16.5. The van der Waals surface area contributed by atoms with Gasteiger partial charge in [0.05, 0.1) is 37.1 Å². The topological polar surface area (TPSA) is 109 Å². The van der Waals surface area contributed by atoms with E-state index in [1.807, 2.05) is 34.6 Å². The van der Waals surface area contributed by atoms with E-state index in [4.69, 9.17) is 29.0 Å². The Morgan fingerprint density at radius 3 is 2.40 bits per heavy atom. The van der Waals surface area contributed by atoms with Crippen LogP contribution in [0, 0.1) is 17.8 Å². The zero-order valence-electron chi connectivity index (χ0n) is 19.2. The maximum Gasteiger partial charge on any atom is 0.527 e. The Morgan fingerprint density at radius 1 is 1.17 bits per heavy atom. The molecule has 8 nitrogen and oxygen atoms in total. The molecule has 0 aromatic heterocycles. The molecule has 0 radical (unpaired) electrons. The van der Waals surface area contributed by atoms with Gasteiger partial charge in [-0.15, -0.1) is 0 Å². The van der Waals surface area contributed by atoms with Crippen LogP contribution in [0.3, 0.4) is 0 Å². The summed E-state index contributed by atoms with van der Waals surface area (Å²) in [7, 11) is -4.41. The van der Waals surface area contributed by atoms with E-state index in [0.717, 1.165) is 0 Å². The van der Waals surface area contributed by atoms with Crippen molar-refractivity contribution in [2.24, 2.45) is 23.5 Å². The number of hydrogen-bond acceptors (Lipinski definition) is 7. The minimum atomic E-state index is -4.41. The summed E-state index contributed by atoms with van der Waals surface area (Å²) in [5.41, 5.74) is 5.96. The molecule has 8 unspecified atom stereocenters. The molecule has 8 atom stereocenters. The molecule has 30 heavy (non-hydrogen) atoms. The zero-order chi connectivity index (χ0) is 22.6. The van der Waals surface area contributed by atoms with E-state index in [1.54, 1.807) is 0 Å². The third-order valence-corrected chi connectivity index (χ3v) is 6.81. The lowest BCUT2D eigenvalue weighted by Crippen LogP contribution is -2.32. The third-order valence-electron chi connectivity index (χ3n) is 5.80. The predicted octanol–water partition coefficient (Wildman–Crippen LogP) is 3.63. The molecule has 1 saturated heterocycles. The molecule has 3 N–H and O–H groups in total. The molecule has 2 fully saturated rings. The maximum absolute atomic E-state index is 12.8. The molecule has 176 valence electrons. The lowest BCUT2D eigenvalue weighted by atomic mass is 9.91. The molecule has 2 rings (SSSR count). The highest BCUT2D eigenvalue weighted by Gasteiger charge is 2.46. The van der Waals surface area contributed by atoms with Crippen molar-refractivity contribution in [3.8, 4) is 0 Å². The van der Waals surface area contributed by atoms with E-state index in [0.29, 0.717) is 26.0 Å². The first-order valence-corrected chi connectivity index (χ1v) is 12.4. The van der Waals surface area contributed by atoms with Gasteiger partial charge in [-0.05, 0) is 59.4 Å². The van der Waals surface area contributed by atoms with Gasteiger partial charge in [-0.3, -0.25) is 9.42 Å². The second kappa shape index (κ2) is 10.9. The summed E-state index contributed by atoms with van der Waals surface area (Å²) in [4.78, 5) is 10.5. The quantitative estimate of drug-likeness (QED) is 0.364. The molecule has 2 aliphatic rings. The number of phosphoric ester groups is 1. The van der Waals surface area contributed by atoms with Gasteiger partial charge in [-0.1, -0.05) is 13.5 Å². The molecule has 0 amide bonds. The van der Waals surface area contributed by atoms with E-state index < -0.39 is 20.0 Å². The summed E-state index contributed by atoms with van der Waals surface area (Å²) in [6.07, 6.45) is -0.126. The van der Waals surface area contributed by atoms with Crippen LogP contribution in [0.5, 0.6) is 0 Å². The number of nitrogens with two attached hydrogens (primary N) is 1. The molecule has 0 spiro atoms. The Hall–Kier alpha value is -0.470. The highest BCUT2D eigenvalue weighted by Crippen LogP contribution is 2.53. The Kier molecular flexibility index (Phi) is 9.37. The smallest absolute Gasteiger partial charge is 0.406 e. The lowest BCUT2D eigenvalue weighted by molar-refractivity contribution is -0.0440. The van der Waals surface area contributed by atoms with Crippen LogP contribution in [0.2, 0.25) is 0 Å². The largest absolute Gasteiger partial charge is 0.527 e. The van der Waals surface area contributed by atoms with E-state index >= 15 is 0 Å². The van der Waals surface area contributed by atoms with Crippen LogP contribution in [-0.4, -0.2) is 54.7 Å². The molecule has 0 bridgehead atoms. The average molecular weight is 450 g/mol. The summed E-state index contributed by atoms with van der Waals surface area (Å²) in [5, 5.41) is 0. The van der Waals surface area contributed by atoms with Crippen molar-refractivity contribution in [1.29, 1.82) is 0 Å². The van der Waals surface area contributed by atoms with Gasteiger partial charge in [-0.25, -0.2) is 4.57 Å². The Labute approximate surface area is 181 Å². The molecule has 1 saturated carbocycles. The minimum Gasteiger partial charge on any atom is -0.406 e. The number of ether oxygens (including phenoxy) is 3. The Morgan fingerprint density at radius 2 is 1.83 bits per heavy atom. The first kappa shape index (κ1) is 25.8. The fraction of sp³-hybridized carbons (Fsp3) is 0.905. The number of rotatable bonds is 11. The average Bonchev–Trinajstić information content (AvgIpc) is 3.10. The third kappa shape index (κ3) is 7.02. The van der Waals surface area contributed by atoms with Gasteiger partial charge in [0.25, 0.3) is 0 Å². The van der Waals surface area contributed by atoms with Gasteiger partial charge in [0.1, 0.15) is 11.9 Å². The van der Waals surface area contributed by atoms with Gasteiger partial charge >= 0.3 is 7.82 Å². The fourth-order valence-electron chi connectivity index (χ4n) is 4.47. The highest BCUT2D eigenvalue weighted by atomic mass is 31.2. The summed E-state index contributed by atoms with van der Waals surface area (Å²) >= 11 is 0. The monoisotopic (exact) mass is 449 g/mol. The molecule has 0 aromatic carbocycles. The first-order valence-electron chi connectivity index (χ1n) is 11.0. The summed E-state index contributed by atoms with van der Waals surface area (Å²) in [5.74, 6) is 0.378. The van der Waals surface area contributed by atoms with Crippen LogP contribution in [0.15, 0.2) is 12.3 Å². The van der Waals surface area contributed by atoms with Crippen LogP contribution in [0.25, 0.3) is 0 Å². The molecule has 1 aliphatic heterocycles. The van der Waals surface area contributed by atoms with Gasteiger partial charge in [0.2, 0.25) is 0 Å². The second-order valence-corrected chi connectivity index (χ2v) is 10.5. The standard InChI is InChI=1S/C21H40NO7P/c1-12(2)25-11-18-17(10-22)14(5)8-19(18)29-30(23,24)28-16(7)21-20(26-13(3)4)9-15(6)27-21/h12-15,17-21H,7-11,22H2,1-6H3,(H,23,24). The fourth-order valence-corrected chi connectivity index (χ4v) is 5.50. The highest BCUT2D eigenvalue weighted by molar-refractivity contribution is 7.47. The van der Waals surface area contributed by atoms with Crippen molar-refractivity contribution < 1.29 is 32.7 Å². The van der Waals surface area contributed by atoms with E-state index in [1.165, 1.54) is 0 Å². The number of hydrogen-bond donors (Lipinski definition) is 2. The first-order chi connectivity index (χ1) is 13.9. The Bertz CT molecular complexity index is 614. The van der Waals surface area contributed by atoms with Crippen molar-refractivity contribution in [2.45, 2.75) is 91.0 Å². The van der Waals surface area contributed by atoms with Crippen molar-refractivity contribution in [3.63, 3.8) is 0 Å². The van der Waals surface area contributed by atoms with Gasteiger partial charge in [-0.2, -0.15) is 0 Å². The molecule has 9 heteroatoms. The van der Waals surface area contributed by atoms with Crippen LogP contribution in [-0.2, 0) is 27.8 Å². The summed E-state index contributed by atoms with van der Waals surface area (Å²) in [6, 6.07) is 0. The van der Waals surface area contributed by atoms with Gasteiger partial charge < -0.3 is 24.5 Å². The molecule has 1 aliphatic carbocycles. The van der Waals surface area contributed by atoms with Crippen molar-refractivity contribution in [2.75, 3.05) is 13.2 Å². The minimum absolute atomic E-state index is 0.00808. The summed E-state index contributed by atoms with van der Waals surface area (Å²) < 4.78 is 41.2. The van der Waals surface area contributed by atoms with E-state index in [2.05, 4.69) is 13.5 Å². The van der Waals surface area contributed by atoms with Crippen LogP contribution >= 0.6 is 7.82 Å². The molecule has 0 aromatic rings. The lowest BCUT2D eigenvalue weighted by Gasteiger charge is -2.28. The van der Waals surface area contributed by atoms with E-state index in [9.17, 15) is 9.46 Å². The van der Waals surface area contributed by atoms with Crippen molar-refractivity contribution in [3.05, 3.63) is 12.3 Å². The van der Waals surface area contributed by atoms with Crippen molar-refractivity contribution in [1.82, 2.24) is 0 Å². The SMILES string of the molecule is C=C(OP(=O)(O)OC1CC(C)C(CN)C1COC(C)C)C1OC(C)CC1OC(C)C. The maximum atomic E-state index is 12.8. The normalized spacial score (nSPS) is 36.4. The van der Waals surface area contributed by atoms with E-state index in [-0.39, 0.29) is 47.9 Å².